The number of halogens is 2. The average Bonchev–Trinajstić information content (AvgIpc) is 2.54. The van der Waals surface area contributed by atoms with E-state index in [1.165, 1.54) is 17.3 Å². The van der Waals surface area contributed by atoms with Crippen molar-refractivity contribution in [3.8, 4) is 0 Å². The monoisotopic (exact) mass is 353 g/mol. The number of carbonyl (C=O) groups excluding carboxylic acids is 1. The lowest BCUT2D eigenvalue weighted by Gasteiger charge is -2.13. The Morgan fingerprint density at radius 3 is 2.64 bits per heavy atom. The molecule has 2 rings (SSSR count). The van der Waals surface area contributed by atoms with E-state index < -0.39 is 0 Å². The largest absolute Gasteiger partial charge is 0.355 e. The summed E-state index contributed by atoms with van der Waals surface area (Å²) in [4.78, 5) is 12.8. The Kier molecular flexibility index (Phi) is 6.62. The number of hydrogen-bond donors (Lipinski definition) is 1. The summed E-state index contributed by atoms with van der Waals surface area (Å²) < 4.78 is 0. The van der Waals surface area contributed by atoms with Crippen LogP contribution in [-0.2, 0) is 4.79 Å². The standard InChI is InChI=1S/C17H17Cl2NOS/c1-12(13-5-3-2-4-6-13)10-20-17(21)11-22-16-9-14(18)7-8-15(16)19/h2-9,12H,10-11H2,1H3,(H,20,21)/t12-/m0/s1. The number of carbonyl (C=O) groups is 1. The molecule has 1 N–H and O–H groups in total. The van der Waals surface area contributed by atoms with Gasteiger partial charge >= 0.3 is 0 Å². The zero-order valence-electron chi connectivity index (χ0n) is 12.2. The van der Waals surface area contributed by atoms with Gasteiger partial charge in [-0.05, 0) is 29.7 Å². The lowest BCUT2D eigenvalue weighted by molar-refractivity contribution is -0.118. The summed E-state index contributed by atoms with van der Waals surface area (Å²) >= 11 is 13.4. The van der Waals surface area contributed by atoms with Crippen LogP contribution in [0, 0.1) is 0 Å². The molecular weight excluding hydrogens is 337 g/mol. The molecule has 0 aromatic heterocycles. The predicted molar refractivity (Wildman–Crippen MR) is 95.1 cm³/mol. The first-order chi connectivity index (χ1) is 10.6. The molecule has 2 aromatic carbocycles. The minimum atomic E-state index is -0.0103. The summed E-state index contributed by atoms with van der Waals surface area (Å²) in [5.74, 6) is 0.593. The van der Waals surface area contributed by atoms with E-state index in [-0.39, 0.29) is 11.8 Å². The first-order valence-electron chi connectivity index (χ1n) is 6.95. The molecule has 22 heavy (non-hydrogen) atoms. The third-order valence-corrected chi connectivity index (χ3v) is 4.96. The number of benzene rings is 2. The lowest BCUT2D eigenvalue weighted by atomic mass is 10.0. The van der Waals surface area contributed by atoms with Crippen LogP contribution in [0.5, 0.6) is 0 Å². The van der Waals surface area contributed by atoms with Crippen molar-refractivity contribution in [2.45, 2.75) is 17.7 Å². The lowest BCUT2D eigenvalue weighted by Crippen LogP contribution is -2.28. The van der Waals surface area contributed by atoms with Gasteiger partial charge in [-0.3, -0.25) is 4.79 Å². The Morgan fingerprint density at radius 2 is 1.91 bits per heavy atom. The third-order valence-electron chi connectivity index (χ3n) is 3.23. The van der Waals surface area contributed by atoms with Gasteiger partial charge in [-0.15, -0.1) is 11.8 Å². The zero-order chi connectivity index (χ0) is 15.9. The Morgan fingerprint density at radius 1 is 1.18 bits per heavy atom. The van der Waals surface area contributed by atoms with Gasteiger partial charge in [-0.2, -0.15) is 0 Å². The molecule has 0 radical (unpaired) electrons. The molecule has 0 fully saturated rings. The van der Waals surface area contributed by atoms with Gasteiger partial charge in [0.15, 0.2) is 0 Å². The Bertz CT molecular complexity index is 634. The van der Waals surface area contributed by atoms with Gasteiger partial charge in [0.25, 0.3) is 0 Å². The van der Waals surface area contributed by atoms with Gasteiger partial charge in [0.2, 0.25) is 5.91 Å². The molecular formula is C17H17Cl2NOS. The SMILES string of the molecule is C[C@@H](CNC(=O)CSc1cc(Cl)ccc1Cl)c1ccccc1. The molecule has 2 nitrogen and oxygen atoms in total. The predicted octanol–water partition coefficient (Wildman–Crippen LogP) is 5.01. The summed E-state index contributed by atoms with van der Waals surface area (Å²) in [5.41, 5.74) is 1.22. The molecule has 1 atom stereocenters. The van der Waals surface area contributed by atoms with Gasteiger partial charge in [0.1, 0.15) is 0 Å². The second-order valence-corrected chi connectivity index (χ2v) is 6.84. The van der Waals surface area contributed by atoms with E-state index in [4.69, 9.17) is 23.2 Å². The Balaban J connectivity index is 1.80. The van der Waals surface area contributed by atoms with Crippen molar-refractivity contribution < 1.29 is 4.79 Å². The molecule has 0 unspecified atom stereocenters. The summed E-state index contributed by atoms with van der Waals surface area (Å²) in [5, 5.41) is 4.18. The number of thioether (sulfide) groups is 1. The fraction of sp³-hybridized carbons (Fsp3) is 0.235. The molecule has 1 amide bonds. The van der Waals surface area contributed by atoms with Crippen molar-refractivity contribution >= 4 is 40.9 Å². The summed E-state index contributed by atoms with van der Waals surface area (Å²) in [6, 6.07) is 15.4. The molecule has 0 aliphatic heterocycles. The molecule has 0 bridgehead atoms. The highest BCUT2D eigenvalue weighted by Crippen LogP contribution is 2.29. The summed E-state index contributed by atoms with van der Waals surface area (Å²) in [6.07, 6.45) is 0. The molecule has 2 aromatic rings. The molecule has 0 heterocycles. The molecule has 0 aliphatic rings. The van der Waals surface area contributed by atoms with Gasteiger partial charge in [-0.25, -0.2) is 0 Å². The maximum absolute atomic E-state index is 11.9. The Labute approximate surface area is 145 Å². The maximum atomic E-state index is 11.9. The van der Waals surface area contributed by atoms with Crippen molar-refractivity contribution in [3.63, 3.8) is 0 Å². The molecule has 0 saturated carbocycles. The third kappa shape index (κ3) is 5.24. The minimum absolute atomic E-state index is 0.0103. The summed E-state index contributed by atoms with van der Waals surface area (Å²) in [7, 11) is 0. The fourth-order valence-electron chi connectivity index (χ4n) is 1.95. The van der Waals surface area contributed by atoms with Crippen molar-refractivity contribution in [1.29, 1.82) is 0 Å². The van der Waals surface area contributed by atoms with Crippen LogP contribution < -0.4 is 5.32 Å². The normalized spacial score (nSPS) is 12.0. The van der Waals surface area contributed by atoms with Crippen molar-refractivity contribution in [2.24, 2.45) is 0 Å². The van der Waals surface area contributed by atoms with Gasteiger partial charge in [-0.1, -0.05) is 60.5 Å². The zero-order valence-corrected chi connectivity index (χ0v) is 14.5. The van der Waals surface area contributed by atoms with Crippen LogP contribution in [0.15, 0.2) is 53.4 Å². The highest BCUT2D eigenvalue weighted by molar-refractivity contribution is 8.00. The first-order valence-corrected chi connectivity index (χ1v) is 8.70. The summed E-state index contributed by atoms with van der Waals surface area (Å²) in [6.45, 7) is 2.71. The van der Waals surface area contributed by atoms with Crippen LogP contribution in [0.4, 0.5) is 0 Å². The van der Waals surface area contributed by atoms with E-state index in [0.29, 0.717) is 22.3 Å². The highest BCUT2D eigenvalue weighted by Gasteiger charge is 2.09. The van der Waals surface area contributed by atoms with Gasteiger partial charge < -0.3 is 5.32 Å². The van der Waals surface area contributed by atoms with E-state index in [1.54, 1.807) is 18.2 Å². The first kappa shape index (κ1) is 17.2. The fourth-order valence-corrected chi connectivity index (χ4v) is 3.27. The number of hydrogen-bond acceptors (Lipinski definition) is 2. The van der Waals surface area contributed by atoms with Crippen LogP contribution in [0.25, 0.3) is 0 Å². The number of nitrogens with one attached hydrogen (secondary N) is 1. The molecule has 0 aliphatic carbocycles. The van der Waals surface area contributed by atoms with Crippen molar-refractivity contribution in [2.75, 3.05) is 12.3 Å². The van der Waals surface area contributed by atoms with Gasteiger partial charge in [0, 0.05) is 16.5 Å². The average molecular weight is 354 g/mol. The molecule has 0 saturated heterocycles. The van der Waals surface area contributed by atoms with E-state index in [1.807, 2.05) is 18.2 Å². The topological polar surface area (TPSA) is 29.1 Å². The van der Waals surface area contributed by atoms with Gasteiger partial charge in [0.05, 0.1) is 10.8 Å². The second-order valence-electron chi connectivity index (χ2n) is 4.98. The number of rotatable bonds is 6. The highest BCUT2D eigenvalue weighted by atomic mass is 35.5. The van der Waals surface area contributed by atoms with Crippen LogP contribution in [0.1, 0.15) is 18.4 Å². The van der Waals surface area contributed by atoms with Crippen LogP contribution in [0.3, 0.4) is 0 Å². The van der Waals surface area contributed by atoms with Crippen LogP contribution in [-0.4, -0.2) is 18.2 Å². The number of amides is 1. The van der Waals surface area contributed by atoms with Crippen LogP contribution in [0.2, 0.25) is 10.0 Å². The minimum Gasteiger partial charge on any atom is -0.355 e. The van der Waals surface area contributed by atoms with E-state index >= 15 is 0 Å². The molecule has 0 spiro atoms. The molecule has 116 valence electrons. The van der Waals surface area contributed by atoms with Crippen molar-refractivity contribution in [1.82, 2.24) is 5.32 Å². The van der Waals surface area contributed by atoms with Crippen LogP contribution >= 0.6 is 35.0 Å². The quantitative estimate of drug-likeness (QED) is 0.739. The van der Waals surface area contributed by atoms with E-state index in [9.17, 15) is 4.79 Å². The second kappa shape index (κ2) is 8.47. The van der Waals surface area contributed by atoms with Crippen molar-refractivity contribution in [3.05, 3.63) is 64.1 Å². The van der Waals surface area contributed by atoms with E-state index in [2.05, 4.69) is 24.4 Å². The van der Waals surface area contributed by atoms with E-state index in [0.717, 1.165) is 4.90 Å². The maximum Gasteiger partial charge on any atom is 0.230 e. The Hall–Kier alpha value is -1.16. The molecule has 5 heteroatoms. The smallest absolute Gasteiger partial charge is 0.230 e.